The molecule has 9 heteroatoms. The van der Waals surface area contributed by atoms with Crippen molar-refractivity contribution >= 4 is 35.5 Å². The van der Waals surface area contributed by atoms with Crippen LogP contribution in [0.25, 0.3) is 0 Å². The minimum atomic E-state index is -0.531. The molecule has 2 aliphatic rings. The number of benzene rings is 1. The molecule has 0 radical (unpaired) electrons. The largest absolute Gasteiger partial charge is 0.497 e. The zero-order valence-corrected chi connectivity index (χ0v) is 24.6. The topological polar surface area (TPSA) is 79.9 Å². The number of hydrogen-bond donors (Lipinski definition) is 2. The lowest BCUT2D eigenvalue weighted by atomic mass is 9.91. The Balaban J connectivity index is 1.58. The predicted molar refractivity (Wildman–Crippen MR) is 154 cm³/mol. The zero-order chi connectivity index (χ0) is 26.7. The summed E-state index contributed by atoms with van der Waals surface area (Å²) in [7, 11) is 1.65. The lowest BCUT2D eigenvalue weighted by Gasteiger charge is -2.37. The molecule has 37 heavy (non-hydrogen) atoms. The van der Waals surface area contributed by atoms with Gasteiger partial charge in [-0.1, -0.05) is 31.4 Å². The Morgan fingerprint density at radius 3 is 2.54 bits per heavy atom. The van der Waals surface area contributed by atoms with Crippen molar-refractivity contribution in [1.29, 1.82) is 0 Å². The van der Waals surface area contributed by atoms with Crippen molar-refractivity contribution in [2.24, 2.45) is 5.92 Å². The summed E-state index contributed by atoms with van der Waals surface area (Å²) >= 11 is 3.62. The molecule has 7 nitrogen and oxygen atoms in total. The Bertz CT molecular complexity index is 841. The Morgan fingerprint density at radius 2 is 1.86 bits per heavy atom. The van der Waals surface area contributed by atoms with Crippen molar-refractivity contribution in [2.45, 2.75) is 83.5 Å². The molecule has 2 amide bonds. The minimum Gasteiger partial charge on any atom is -0.497 e. The maximum absolute atomic E-state index is 13.3. The molecule has 0 aromatic heterocycles. The van der Waals surface area contributed by atoms with Crippen molar-refractivity contribution in [3.05, 3.63) is 29.8 Å². The van der Waals surface area contributed by atoms with Crippen LogP contribution in [0.1, 0.15) is 64.9 Å². The third-order valence-corrected chi connectivity index (χ3v) is 9.06. The molecular formula is C28H45N3O4S2. The van der Waals surface area contributed by atoms with Gasteiger partial charge in [-0.15, -0.1) is 11.8 Å². The average molecular weight is 552 g/mol. The first-order valence-electron chi connectivity index (χ1n) is 13.5. The third-order valence-electron chi connectivity index (χ3n) is 6.80. The Hall–Kier alpha value is -1.58. The highest BCUT2D eigenvalue weighted by atomic mass is 32.2. The van der Waals surface area contributed by atoms with Gasteiger partial charge in [-0.2, -0.15) is 11.8 Å². The van der Waals surface area contributed by atoms with Crippen molar-refractivity contribution in [3.8, 4) is 5.75 Å². The van der Waals surface area contributed by atoms with Gasteiger partial charge < -0.3 is 20.1 Å². The van der Waals surface area contributed by atoms with Crippen molar-refractivity contribution in [2.75, 3.05) is 36.8 Å². The summed E-state index contributed by atoms with van der Waals surface area (Å²) in [5.74, 6) is 5.00. The summed E-state index contributed by atoms with van der Waals surface area (Å²) in [4.78, 5) is 27.9. The van der Waals surface area contributed by atoms with E-state index in [0.717, 1.165) is 40.9 Å². The number of nitrogens with zero attached hydrogens (tertiary/aromatic N) is 1. The molecular weight excluding hydrogens is 506 g/mol. The first kappa shape index (κ1) is 30.0. The van der Waals surface area contributed by atoms with Crippen LogP contribution < -0.4 is 15.4 Å². The van der Waals surface area contributed by atoms with Crippen LogP contribution in [0.5, 0.6) is 5.75 Å². The highest BCUT2D eigenvalue weighted by Crippen LogP contribution is 2.27. The summed E-state index contributed by atoms with van der Waals surface area (Å²) in [5.41, 5.74) is 0.500. The van der Waals surface area contributed by atoms with E-state index in [0.29, 0.717) is 19.0 Å². The highest BCUT2D eigenvalue weighted by molar-refractivity contribution is 7.99. The number of methoxy groups -OCH3 is 1. The van der Waals surface area contributed by atoms with Crippen LogP contribution in [0.15, 0.2) is 24.3 Å². The van der Waals surface area contributed by atoms with E-state index < -0.39 is 5.60 Å². The van der Waals surface area contributed by atoms with Gasteiger partial charge in [0.15, 0.2) is 0 Å². The molecule has 0 bridgehead atoms. The molecule has 2 fully saturated rings. The highest BCUT2D eigenvalue weighted by Gasteiger charge is 2.32. The molecule has 0 spiro atoms. The summed E-state index contributed by atoms with van der Waals surface area (Å²) in [6, 6.07) is 7.45. The number of nitrogens with one attached hydrogen (secondary N) is 2. The monoisotopic (exact) mass is 551 g/mol. The molecule has 1 heterocycles. The van der Waals surface area contributed by atoms with E-state index in [4.69, 9.17) is 9.47 Å². The number of rotatable bonds is 11. The third kappa shape index (κ3) is 10.6. The molecule has 1 saturated heterocycles. The standard InChI is InChI=1S/C28H45N3O4S2/c1-28(2,3)35-27(33)31-20-36-15-14-23(31)17-29-25(19-37-18-22-8-6-5-7-9-22)26(32)30-16-21-10-12-24(34-4)13-11-21/h10-13,22-23,25,29H,5-9,14-20H2,1-4H3,(H,30,32)/t23?,25-/m0/s1. The second-order valence-corrected chi connectivity index (χ2v) is 13.1. The first-order chi connectivity index (χ1) is 17.7. The van der Waals surface area contributed by atoms with Crippen molar-refractivity contribution < 1.29 is 19.1 Å². The maximum atomic E-state index is 13.3. The predicted octanol–water partition coefficient (Wildman–Crippen LogP) is 5.28. The normalized spacial score (nSPS) is 19.8. The van der Waals surface area contributed by atoms with Gasteiger partial charge in [0.05, 0.1) is 19.0 Å². The molecule has 1 aromatic rings. The summed E-state index contributed by atoms with van der Waals surface area (Å²) in [6.07, 6.45) is 7.22. The van der Waals surface area contributed by atoms with Gasteiger partial charge in [0.1, 0.15) is 11.4 Å². The fraction of sp³-hybridized carbons (Fsp3) is 0.714. The van der Waals surface area contributed by atoms with E-state index in [1.807, 2.05) is 61.7 Å². The van der Waals surface area contributed by atoms with Gasteiger partial charge in [-0.05, 0) is 75.2 Å². The van der Waals surface area contributed by atoms with E-state index in [-0.39, 0.29) is 24.1 Å². The summed E-state index contributed by atoms with van der Waals surface area (Å²) in [5, 5.41) is 6.63. The van der Waals surface area contributed by atoms with Crippen molar-refractivity contribution in [1.82, 2.24) is 15.5 Å². The zero-order valence-electron chi connectivity index (χ0n) is 22.9. The van der Waals surface area contributed by atoms with E-state index in [9.17, 15) is 9.59 Å². The average Bonchev–Trinajstić information content (AvgIpc) is 2.89. The summed E-state index contributed by atoms with van der Waals surface area (Å²) < 4.78 is 10.9. The molecule has 2 atom stereocenters. The van der Waals surface area contributed by atoms with E-state index in [1.54, 1.807) is 18.9 Å². The van der Waals surface area contributed by atoms with Gasteiger partial charge in [-0.25, -0.2) is 4.79 Å². The van der Waals surface area contributed by atoms with E-state index in [2.05, 4.69) is 10.6 Å². The molecule has 1 unspecified atom stereocenters. The Kier molecular flexibility index (Phi) is 12.2. The van der Waals surface area contributed by atoms with Gasteiger partial charge in [0.25, 0.3) is 0 Å². The summed E-state index contributed by atoms with van der Waals surface area (Å²) in [6.45, 7) is 6.72. The molecule has 3 rings (SSSR count). The first-order valence-corrected chi connectivity index (χ1v) is 15.8. The molecule has 1 aliphatic heterocycles. The Labute approximate surface area is 231 Å². The fourth-order valence-corrected chi connectivity index (χ4v) is 7.03. The molecule has 1 aromatic carbocycles. The lowest BCUT2D eigenvalue weighted by Crippen LogP contribution is -2.54. The number of thioether (sulfide) groups is 2. The second-order valence-electron chi connectivity index (χ2n) is 11.0. The van der Waals surface area contributed by atoms with Crippen LogP contribution in [-0.4, -0.2) is 71.4 Å². The molecule has 2 N–H and O–H groups in total. The smallest absolute Gasteiger partial charge is 0.411 e. The second kappa shape index (κ2) is 15.1. The Morgan fingerprint density at radius 1 is 1.14 bits per heavy atom. The van der Waals surface area contributed by atoms with Crippen LogP contribution >= 0.6 is 23.5 Å². The van der Waals surface area contributed by atoms with Gasteiger partial charge >= 0.3 is 6.09 Å². The molecule has 1 saturated carbocycles. The molecule has 208 valence electrons. The van der Waals surface area contributed by atoms with Crippen LogP contribution in [0, 0.1) is 5.92 Å². The van der Waals surface area contributed by atoms with Crippen LogP contribution in [0.2, 0.25) is 0 Å². The number of ether oxygens (including phenoxy) is 2. The number of carbonyl (C=O) groups is 2. The molecule has 1 aliphatic carbocycles. The van der Waals surface area contributed by atoms with Crippen molar-refractivity contribution in [3.63, 3.8) is 0 Å². The maximum Gasteiger partial charge on any atom is 0.411 e. The lowest BCUT2D eigenvalue weighted by molar-refractivity contribution is -0.122. The SMILES string of the molecule is COc1ccc(CNC(=O)[C@H](CSCC2CCCCC2)NCC2CCSCN2C(=O)OC(C)(C)C)cc1. The quantitative estimate of drug-likeness (QED) is 0.387. The van der Waals surface area contributed by atoms with Gasteiger partial charge in [0, 0.05) is 24.9 Å². The minimum absolute atomic E-state index is 0.000893. The van der Waals surface area contributed by atoms with E-state index >= 15 is 0 Å². The van der Waals surface area contributed by atoms with Gasteiger partial charge in [0.2, 0.25) is 5.91 Å². The van der Waals surface area contributed by atoms with Crippen LogP contribution in [0.4, 0.5) is 4.79 Å². The van der Waals surface area contributed by atoms with Crippen LogP contribution in [-0.2, 0) is 16.1 Å². The number of carbonyl (C=O) groups excluding carboxylic acids is 2. The number of hydrogen-bond acceptors (Lipinski definition) is 7. The number of amides is 2. The van der Waals surface area contributed by atoms with Gasteiger partial charge in [-0.3, -0.25) is 9.69 Å². The fourth-order valence-electron chi connectivity index (χ4n) is 4.65. The van der Waals surface area contributed by atoms with Crippen LogP contribution in [0.3, 0.4) is 0 Å². The van der Waals surface area contributed by atoms with E-state index in [1.165, 1.54) is 32.1 Å².